The van der Waals surface area contributed by atoms with Crippen molar-refractivity contribution in [1.82, 2.24) is 0 Å². The van der Waals surface area contributed by atoms with Gasteiger partial charge in [0.1, 0.15) is 13.2 Å². The third kappa shape index (κ3) is 9.35. The summed E-state index contributed by atoms with van der Waals surface area (Å²) in [5, 5.41) is 0. The Morgan fingerprint density at radius 1 is 1.38 bits per heavy atom. The zero-order valence-electron chi connectivity index (χ0n) is 11.0. The van der Waals surface area contributed by atoms with Crippen molar-refractivity contribution in [2.75, 3.05) is 19.0 Å². The molecule has 0 aliphatic heterocycles. The summed E-state index contributed by atoms with van der Waals surface area (Å²) in [5.41, 5.74) is 0.270. The maximum Gasteiger partial charge on any atom is 1.00 e. The fourth-order valence-corrected chi connectivity index (χ4v) is 1.67. The van der Waals surface area contributed by atoms with Gasteiger partial charge in [0.25, 0.3) is 10.1 Å². The maximum absolute atomic E-state index is 11.0. The Labute approximate surface area is 120 Å². The van der Waals surface area contributed by atoms with Crippen LogP contribution < -0.4 is 29.6 Å². The predicted molar refractivity (Wildman–Crippen MR) is 56.9 cm³/mol. The van der Waals surface area contributed by atoms with Crippen LogP contribution in [0.25, 0.3) is 0 Å². The number of hydrogen-bond donors (Lipinski definition) is 0. The quantitative estimate of drug-likeness (QED) is 0.174. The summed E-state index contributed by atoms with van der Waals surface area (Å²) < 4.78 is 31.3. The minimum absolute atomic E-state index is 0. The van der Waals surface area contributed by atoms with Gasteiger partial charge in [-0.05, 0) is 13.3 Å². The van der Waals surface area contributed by atoms with E-state index in [4.69, 9.17) is 0 Å². The van der Waals surface area contributed by atoms with Crippen molar-refractivity contribution in [2.24, 2.45) is 0 Å². The van der Waals surface area contributed by atoms with Gasteiger partial charge in [0.2, 0.25) is 0 Å². The molecule has 0 N–H and O–H groups in total. The van der Waals surface area contributed by atoms with Crippen molar-refractivity contribution in [3.8, 4) is 0 Å². The van der Waals surface area contributed by atoms with Crippen LogP contribution in [0.15, 0.2) is 12.2 Å². The van der Waals surface area contributed by atoms with Crippen LogP contribution in [-0.2, 0) is 23.8 Å². The van der Waals surface area contributed by atoms with E-state index in [-0.39, 0.29) is 55.5 Å². The summed E-state index contributed by atoms with van der Waals surface area (Å²) in [5.74, 6) is -0.576. The van der Waals surface area contributed by atoms with E-state index in [0.29, 0.717) is 6.42 Å². The molecule has 0 aromatic heterocycles. The molecule has 0 aliphatic rings. The van der Waals surface area contributed by atoms with E-state index in [1.807, 2.05) is 0 Å². The molecule has 0 bridgehead atoms. The molecular formula is C9H17NaO5S. The topological polar surface area (TPSA) is 69.7 Å². The molecule has 0 saturated carbocycles. The number of esters is 1. The van der Waals surface area contributed by atoms with Crippen LogP contribution in [0.3, 0.4) is 0 Å². The third-order valence-corrected chi connectivity index (χ3v) is 2.82. The van der Waals surface area contributed by atoms with E-state index < -0.39 is 16.1 Å². The Morgan fingerprint density at radius 2 is 1.94 bits per heavy atom. The van der Waals surface area contributed by atoms with E-state index >= 15 is 0 Å². The van der Waals surface area contributed by atoms with Crippen molar-refractivity contribution in [1.29, 1.82) is 0 Å². The summed E-state index contributed by atoms with van der Waals surface area (Å²) in [6.45, 7) is 6.39. The Bertz CT molecular complexity index is 328. The summed E-state index contributed by atoms with van der Waals surface area (Å²) in [4.78, 5) is 10.9. The first kappa shape index (κ1) is 18.5. The average molecular weight is 260 g/mol. The van der Waals surface area contributed by atoms with E-state index in [1.54, 1.807) is 6.92 Å². The number of rotatable bonds is 7. The Morgan fingerprint density at radius 3 is 2.38 bits per heavy atom. The van der Waals surface area contributed by atoms with Crippen molar-refractivity contribution in [2.45, 2.75) is 20.3 Å². The molecule has 90 valence electrons. The molecule has 16 heavy (non-hydrogen) atoms. The van der Waals surface area contributed by atoms with Crippen LogP contribution >= 0.6 is 0 Å². The second-order valence-electron chi connectivity index (χ2n) is 3.00. The van der Waals surface area contributed by atoms with Crippen molar-refractivity contribution < 1.29 is 53.1 Å². The monoisotopic (exact) mass is 260 g/mol. The van der Waals surface area contributed by atoms with E-state index in [9.17, 15) is 13.2 Å². The van der Waals surface area contributed by atoms with Crippen LogP contribution in [0.5, 0.6) is 0 Å². The normalized spacial score (nSPS) is 10.4. The molecule has 0 fully saturated rings. The first-order chi connectivity index (χ1) is 6.89. The molecular weight excluding hydrogens is 243 g/mol. The van der Waals surface area contributed by atoms with Gasteiger partial charge in [0.05, 0.1) is 5.75 Å². The number of carbonyl (C=O) groups is 1. The van der Waals surface area contributed by atoms with Gasteiger partial charge in [-0.15, -0.1) is 0 Å². The second-order valence-corrected chi connectivity index (χ2v) is 4.76. The van der Waals surface area contributed by atoms with Gasteiger partial charge in [-0.2, -0.15) is 8.42 Å². The Hall–Kier alpha value is 0.120. The summed E-state index contributed by atoms with van der Waals surface area (Å²) in [6, 6.07) is 0. The molecule has 0 amide bonds. The zero-order valence-corrected chi connectivity index (χ0v) is 12.8. The Kier molecular flexibility index (Phi) is 10.6. The second kappa shape index (κ2) is 9.18. The van der Waals surface area contributed by atoms with E-state index in [0.717, 1.165) is 0 Å². The van der Waals surface area contributed by atoms with Crippen LogP contribution in [0.1, 0.15) is 21.7 Å². The van der Waals surface area contributed by atoms with Crippen LogP contribution in [0.4, 0.5) is 0 Å². The summed E-state index contributed by atoms with van der Waals surface area (Å²) >= 11 is 0. The molecule has 5 nitrogen and oxygen atoms in total. The molecule has 0 spiro atoms. The van der Waals surface area contributed by atoms with Gasteiger partial charge in [-0.3, -0.25) is 4.18 Å². The minimum atomic E-state index is -3.46. The average Bonchev–Trinajstić information content (AvgIpc) is 2.11. The number of hydrogen-bond acceptors (Lipinski definition) is 5. The van der Waals surface area contributed by atoms with E-state index in [2.05, 4.69) is 15.5 Å². The maximum atomic E-state index is 11.0. The fraction of sp³-hybridized carbons (Fsp3) is 0.667. The van der Waals surface area contributed by atoms with Crippen LogP contribution in [0.2, 0.25) is 0 Å². The number of carbonyl (C=O) groups excluding carboxylic acids is 1. The van der Waals surface area contributed by atoms with Crippen LogP contribution in [0, 0.1) is 0 Å². The molecule has 0 aliphatic carbocycles. The first-order valence-corrected chi connectivity index (χ1v) is 6.16. The molecule has 0 unspecified atom stereocenters. The van der Waals surface area contributed by atoms with Gasteiger partial charge in [0, 0.05) is 5.57 Å². The molecule has 0 aromatic rings. The fourth-order valence-electron chi connectivity index (χ4n) is 0.727. The summed E-state index contributed by atoms with van der Waals surface area (Å²) in [6.07, 6.45) is 0.494. The standard InChI is InChI=1S/C9H16O5S.Na.H/c1-4-7-15(11,12)14-6-5-13-9(10)8(2)3;;/h2,4-7H2,1,3H3;;/q;+1;-1. The molecule has 0 rings (SSSR count). The molecule has 0 atom stereocenters. The SMILES string of the molecule is C=C(C)C(=O)OCCOS(=O)(=O)CCC.[H-].[Na+]. The first-order valence-electron chi connectivity index (χ1n) is 4.58. The molecule has 0 saturated heterocycles. The molecule has 7 heteroatoms. The van der Waals surface area contributed by atoms with E-state index in [1.165, 1.54) is 6.92 Å². The minimum Gasteiger partial charge on any atom is -1.00 e. The zero-order chi connectivity index (χ0) is 11.9. The third-order valence-electron chi connectivity index (χ3n) is 1.38. The molecule has 0 heterocycles. The van der Waals surface area contributed by atoms with Gasteiger partial charge < -0.3 is 6.16 Å². The predicted octanol–water partition coefficient (Wildman–Crippen LogP) is -2.02. The van der Waals surface area contributed by atoms with Crippen molar-refractivity contribution in [3.63, 3.8) is 0 Å². The molecule has 0 aromatic carbocycles. The Balaban J connectivity index is -0.000000980. The smallest absolute Gasteiger partial charge is 1.00 e. The molecule has 0 radical (unpaired) electrons. The van der Waals surface area contributed by atoms with Crippen molar-refractivity contribution >= 4 is 16.1 Å². The van der Waals surface area contributed by atoms with Gasteiger partial charge >= 0.3 is 35.5 Å². The van der Waals surface area contributed by atoms with Gasteiger partial charge in [-0.1, -0.05) is 13.5 Å². The van der Waals surface area contributed by atoms with Gasteiger partial charge in [-0.25, -0.2) is 4.79 Å². The largest absolute Gasteiger partial charge is 1.00 e. The van der Waals surface area contributed by atoms with Crippen molar-refractivity contribution in [3.05, 3.63) is 12.2 Å². The van der Waals surface area contributed by atoms with Gasteiger partial charge in [0.15, 0.2) is 0 Å². The number of ether oxygens (including phenoxy) is 1. The van der Waals surface area contributed by atoms with Crippen LogP contribution in [-0.4, -0.2) is 33.4 Å². The summed E-state index contributed by atoms with van der Waals surface area (Å²) in [7, 11) is -3.46.